The highest BCUT2D eigenvalue weighted by atomic mass is 35.5. The molecule has 0 saturated heterocycles. The number of aromatic hydroxyl groups is 1. The van der Waals surface area contributed by atoms with Crippen LogP contribution in [0.2, 0.25) is 5.02 Å². The van der Waals surface area contributed by atoms with E-state index in [0.29, 0.717) is 0 Å². The first-order valence-electron chi connectivity index (χ1n) is 4.10. The van der Waals surface area contributed by atoms with Crippen molar-refractivity contribution in [3.63, 3.8) is 0 Å². The number of benzene rings is 1. The van der Waals surface area contributed by atoms with E-state index in [4.69, 9.17) is 22.4 Å². The van der Waals surface area contributed by atoms with Crippen molar-refractivity contribution in [3.8, 4) is 5.75 Å². The predicted molar refractivity (Wildman–Crippen MR) is 58.0 cm³/mol. The van der Waals surface area contributed by atoms with Gasteiger partial charge in [-0.15, -0.1) is 12.4 Å². The van der Waals surface area contributed by atoms with Crippen molar-refractivity contribution in [1.82, 2.24) is 0 Å². The molecule has 0 aliphatic heterocycles. The molecule has 0 amide bonds. The lowest BCUT2D eigenvalue weighted by atomic mass is 10.0. The van der Waals surface area contributed by atoms with Crippen LogP contribution in [0.1, 0.15) is 18.0 Å². The summed E-state index contributed by atoms with van der Waals surface area (Å²) >= 11 is 5.54. The minimum Gasteiger partial charge on any atom is -0.506 e. The first-order valence-corrected chi connectivity index (χ1v) is 4.48. The largest absolute Gasteiger partial charge is 0.506 e. The van der Waals surface area contributed by atoms with Crippen molar-refractivity contribution >= 4 is 24.0 Å². The summed E-state index contributed by atoms with van der Waals surface area (Å²) in [5, 5.41) is 9.05. The van der Waals surface area contributed by atoms with Gasteiger partial charge >= 0.3 is 6.18 Å². The van der Waals surface area contributed by atoms with E-state index < -0.39 is 18.6 Å². The Morgan fingerprint density at radius 1 is 1.38 bits per heavy atom. The summed E-state index contributed by atoms with van der Waals surface area (Å²) in [5.74, 6) is -0.181. The molecule has 0 aromatic heterocycles. The Bertz CT molecular complexity index is 357. The molecule has 0 aliphatic rings. The Morgan fingerprint density at radius 2 is 1.94 bits per heavy atom. The summed E-state index contributed by atoms with van der Waals surface area (Å²) in [4.78, 5) is 0. The van der Waals surface area contributed by atoms with Crippen molar-refractivity contribution in [2.75, 3.05) is 0 Å². The number of phenols is 1. The lowest BCUT2D eigenvalue weighted by Crippen LogP contribution is -2.20. The van der Waals surface area contributed by atoms with Gasteiger partial charge in [0.1, 0.15) is 5.75 Å². The molecule has 3 N–H and O–H groups in total. The molecule has 16 heavy (non-hydrogen) atoms. The van der Waals surface area contributed by atoms with Crippen LogP contribution in [0, 0.1) is 0 Å². The summed E-state index contributed by atoms with van der Waals surface area (Å²) in [6.45, 7) is 0. The Morgan fingerprint density at radius 3 is 2.38 bits per heavy atom. The predicted octanol–water partition coefficient (Wildman–Crippen LogP) is 3.42. The third-order valence-corrected chi connectivity index (χ3v) is 2.15. The van der Waals surface area contributed by atoms with E-state index in [2.05, 4.69) is 0 Å². The molecule has 7 heteroatoms. The van der Waals surface area contributed by atoms with Crippen LogP contribution in [0.25, 0.3) is 0 Å². The molecule has 0 spiro atoms. The summed E-state index contributed by atoms with van der Waals surface area (Å²) in [6.07, 6.45) is -5.43. The Kier molecular flexibility index (Phi) is 5.38. The lowest BCUT2D eigenvalue weighted by molar-refractivity contribution is -0.138. The van der Waals surface area contributed by atoms with Crippen molar-refractivity contribution < 1.29 is 18.3 Å². The van der Waals surface area contributed by atoms with Gasteiger partial charge in [-0.05, 0) is 17.7 Å². The topological polar surface area (TPSA) is 46.2 Å². The van der Waals surface area contributed by atoms with Gasteiger partial charge in [-0.1, -0.05) is 17.7 Å². The zero-order valence-corrected chi connectivity index (χ0v) is 9.53. The summed E-state index contributed by atoms with van der Waals surface area (Å²) in [6, 6.07) is 2.60. The summed E-state index contributed by atoms with van der Waals surface area (Å²) < 4.78 is 36.0. The maximum Gasteiger partial charge on any atom is 0.390 e. The number of rotatable bonds is 2. The minimum absolute atomic E-state index is 0. The van der Waals surface area contributed by atoms with Gasteiger partial charge in [-0.3, -0.25) is 0 Å². The van der Waals surface area contributed by atoms with E-state index in [1.165, 1.54) is 18.2 Å². The van der Waals surface area contributed by atoms with Crippen LogP contribution in [0.15, 0.2) is 18.2 Å². The van der Waals surface area contributed by atoms with Crippen LogP contribution < -0.4 is 5.73 Å². The molecule has 0 fully saturated rings. The average molecular weight is 276 g/mol. The van der Waals surface area contributed by atoms with Gasteiger partial charge in [-0.2, -0.15) is 13.2 Å². The quantitative estimate of drug-likeness (QED) is 0.869. The second-order valence-corrected chi connectivity index (χ2v) is 3.54. The van der Waals surface area contributed by atoms with Gasteiger partial charge in [0.15, 0.2) is 0 Å². The molecule has 0 unspecified atom stereocenters. The second-order valence-electron chi connectivity index (χ2n) is 3.14. The van der Waals surface area contributed by atoms with E-state index in [1.807, 2.05) is 0 Å². The molecular formula is C9H10Cl2F3NO. The first kappa shape index (κ1) is 15.3. The maximum atomic E-state index is 12.0. The smallest absolute Gasteiger partial charge is 0.390 e. The van der Waals surface area contributed by atoms with Crippen LogP contribution in [-0.4, -0.2) is 11.3 Å². The fraction of sp³-hybridized carbons (Fsp3) is 0.333. The van der Waals surface area contributed by atoms with Gasteiger partial charge in [0.25, 0.3) is 0 Å². The Hall–Kier alpha value is -0.650. The molecule has 92 valence electrons. The summed E-state index contributed by atoms with van der Waals surface area (Å²) in [7, 11) is 0. The van der Waals surface area contributed by atoms with Crippen LogP contribution in [-0.2, 0) is 0 Å². The number of hydrogen-bond acceptors (Lipinski definition) is 2. The highest BCUT2D eigenvalue weighted by Gasteiger charge is 2.31. The van der Waals surface area contributed by atoms with Crippen LogP contribution in [0.3, 0.4) is 0 Å². The second kappa shape index (κ2) is 5.61. The Balaban J connectivity index is 0.00000225. The van der Waals surface area contributed by atoms with E-state index in [9.17, 15) is 13.2 Å². The highest BCUT2D eigenvalue weighted by molar-refractivity contribution is 6.32. The van der Waals surface area contributed by atoms with E-state index in [1.54, 1.807) is 0 Å². The van der Waals surface area contributed by atoms with E-state index >= 15 is 0 Å². The monoisotopic (exact) mass is 275 g/mol. The minimum atomic E-state index is -4.32. The van der Waals surface area contributed by atoms with Gasteiger partial charge in [-0.25, -0.2) is 0 Å². The van der Waals surface area contributed by atoms with Crippen molar-refractivity contribution in [3.05, 3.63) is 28.8 Å². The molecule has 1 atom stereocenters. The first-order chi connectivity index (χ1) is 6.79. The lowest BCUT2D eigenvalue weighted by Gasteiger charge is -2.14. The van der Waals surface area contributed by atoms with Gasteiger partial charge in [0, 0.05) is 6.04 Å². The molecule has 1 aromatic carbocycles. The van der Waals surface area contributed by atoms with Crippen LogP contribution in [0.5, 0.6) is 5.75 Å². The fourth-order valence-electron chi connectivity index (χ4n) is 1.12. The van der Waals surface area contributed by atoms with Gasteiger partial charge in [0.05, 0.1) is 11.4 Å². The third kappa shape index (κ3) is 4.47. The van der Waals surface area contributed by atoms with E-state index in [0.717, 1.165) is 0 Å². The number of nitrogens with two attached hydrogens (primary N) is 1. The molecular weight excluding hydrogens is 266 g/mol. The number of hydrogen-bond donors (Lipinski definition) is 2. The molecule has 0 heterocycles. The number of halogens is 5. The zero-order valence-electron chi connectivity index (χ0n) is 7.96. The molecule has 1 rings (SSSR count). The molecule has 0 bridgehead atoms. The summed E-state index contributed by atoms with van der Waals surface area (Å²) in [5.41, 5.74) is 5.59. The number of alkyl halides is 3. The number of phenolic OH excluding ortho intramolecular Hbond substituents is 1. The van der Waals surface area contributed by atoms with Crippen LogP contribution >= 0.6 is 24.0 Å². The SMILES string of the molecule is Cl.N[C@H](CC(F)(F)F)c1ccc(O)c(Cl)c1. The van der Waals surface area contributed by atoms with Crippen molar-refractivity contribution in [2.24, 2.45) is 5.73 Å². The van der Waals surface area contributed by atoms with Gasteiger partial charge in [0.2, 0.25) is 0 Å². The maximum absolute atomic E-state index is 12.0. The van der Waals surface area contributed by atoms with Crippen molar-refractivity contribution in [2.45, 2.75) is 18.6 Å². The standard InChI is InChI=1S/C9H9ClF3NO.ClH/c10-6-3-5(1-2-8(6)15)7(14)4-9(11,12)13;/h1-3,7,15H,4,14H2;1H/t7-;/m1./s1. The third-order valence-electron chi connectivity index (χ3n) is 1.85. The molecule has 0 saturated carbocycles. The molecule has 0 aliphatic carbocycles. The molecule has 0 radical (unpaired) electrons. The normalized spacial score (nSPS) is 13.1. The van der Waals surface area contributed by atoms with Crippen LogP contribution in [0.4, 0.5) is 13.2 Å². The zero-order chi connectivity index (χ0) is 11.6. The highest BCUT2D eigenvalue weighted by Crippen LogP contribution is 2.31. The molecule has 2 nitrogen and oxygen atoms in total. The van der Waals surface area contributed by atoms with Crippen molar-refractivity contribution in [1.29, 1.82) is 0 Å². The van der Waals surface area contributed by atoms with Gasteiger partial charge < -0.3 is 10.8 Å². The Labute approximate surface area is 102 Å². The van der Waals surface area contributed by atoms with E-state index in [-0.39, 0.29) is 28.7 Å². The molecule has 1 aromatic rings. The fourth-order valence-corrected chi connectivity index (χ4v) is 1.31. The average Bonchev–Trinajstić information content (AvgIpc) is 2.06.